The second kappa shape index (κ2) is 6.35. The van der Waals surface area contributed by atoms with Crippen LogP contribution < -0.4 is 5.32 Å². The summed E-state index contributed by atoms with van der Waals surface area (Å²) in [6.45, 7) is 10.2. The molecule has 0 aliphatic carbocycles. The molecule has 0 spiro atoms. The van der Waals surface area contributed by atoms with Crippen LogP contribution in [0.1, 0.15) is 13.3 Å². The van der Waals surface area contributed by atoms with E-state index in [1.54, 1.807) is 0 Å². The molecule has 0 amide bonds. The predicted molar refractivity (Wildman–Crippen MR) is 61.7 cm³/mol. The highest BCUT2D eigenvalue weighted by Crippen LogP contribution is 2.02. The predicted octanol–water partition coefficient (Wildman–Crippen LogP) is 1.78. The van der Waals surface area contributed by atoms with Crippen LogP contribution in [0.5, 0.6) is 0 Å². The van der Waals surface area contributed by atoms with Gasteiger partial charge < -0.3 is 10.4 Å². The van der Waals surface area contributed by atoms with Crippen LogP contribution in [0.15, 0.2) is 11.8 Å². The van der Waals surface area contributed by atoms with Gasteiger partial charge >= 0.3 is 0 Å². The average Bonchev–Trinajstić information content (AvgIpc) is 2.03. The molecule has 0 aromatic carbocycles. The summed E-state index contributed by atoms with van der Waals surface area (Å²) in [5.41, 5.74) is 2.27. The molecule has 13 heavy (non-hydrogen) atoms. The molecule has 0 radical (unpaired) electrons. The van der Waals surface area contributed by atoms with Gasteiger partial charge in [0.05, 0.1) is 14.7 Å². The van der Waals surface area contributed by atoms with Gasteiger partial charge in [0.15, 0.2) is 0 Å². The third kappa shape index (κ3) is 8.21. The molecule has 2 N–H and O–H groups in total. The van der Waals surface area contributed by atoms with Crippen LogP contribution in [0.2, 0.25) is 19.6 Å². The van der Waals surface area contributed by atoms with E-state index in [9.17, 15) is 0 Å². The van der Waals surface area contributed by atoms with E-state index in [1.807, 2.05) is 0 Å². The Hall–Kier alpha value is -0.123. The summed E-state index contributed by atoms with van der Waals surface area (Å²) in [5.74, 6) is 0. The fourth-order valence-electron chi connectivity index (χ4n) is 0.928. The van der Waals surface area contributed by atoms with E-state index >= 15 is 0 Å². The lowest BCUT2D eigenvalue weighted by molar-refractivity contribution is 0.265. The topological polar surface area (TPSA) is 32.3 Å². The van der Waals surface area contributed by atoms with Crippen molar-refractivity contribution in [3.8, 4) is 0 Å². The smallest absolute Gasteiger partial charge is 0.0683 e. The Labute approximate surface area is 83.1 Å². The zero-order chi connectivity index (χ0) is 10.3. The first-order valence-corrected chi connectivity index (χ1v) is 8.61. The Kier molecular flexibility index (Phi) is 6.29. The Balaban J connectivity index is 3.89. The standard InChI is InChI=1S/C10H23NOSi/c1-5-7-11-10(9-12)6-8-13(2,3)4/h6,8,10-12H,5,7,9H2,1-4H3. The number of hydrogen-bond donors (Lipinski definition) is 2. The van der Waals surface area contributed by atoms with Crippen molar-refractivity contribution in [3.63, 3.8) is 0 Å². The lowest BCUT2D eigenvalue weighted by Gasteiger charge is -2.14. The van der Waals surface area contributed by atoms with E-state index in [0.29, 0.717) is 0 Å². The molecule has 1 atom stereocenters. The van der Waals surface area contributed by atoms with Gasteiger partial charge in [-0.25, -0.2) is 0 Å². The molecule has 0 saturated carbocycles. The van der Waals surface area contributed by atoms with Crippen LogP contribution >= 0.6 is 0 Å². The largest absolute Gasteiger partial charge is 0.394 e. The van der Waals surface area contributed by atoms with Gasteiger partial charge in [-0.3, -0.25) is 0 Å². The first-order chi connectivity index (χ1) is 5.99. The number of aliphatic hydroxyl groups excluding tert-OH is 1. The average molecular weight is 201 g/mol. The van der Waals surface area contributed by atoms with E-state index in [2.05, 4.69) is 43.7 Å². The van der Waals surface area contributed by atoms with Crippen molar-refractivity contribution in [3.05, 3.63) is 11.8 Å². The molecular weight excluding hydrogens is 178 g/mol. The minimum atomic E-state index is -1.11. The summed E-state index contributed by atoms with van der Waals surface area (Å²) in [7, 11) is -1.11. The first-order valence-electron chi connectivity index (χ1n) is 5.03. The molecule has 0 heterocycles. The van der Waals surface area contributed by atoms with E-state index < -0.39 is 8.07 Å². The molecule has 0 aromatic heterocycles. The van der Waals surface area contributed by atoms with Crippen molar-refractivity contribution < 1.29 is 5.11 Å². The molecule has 78 valence electrons. The fraction of sp³-hybridized carbons (Fsp3) is 0.800. The van der Waals surface area contributed by atoms with Crippen molar-refractivity contribution in [2.45, 2.75) is 39.0 Å². The van der Waals surface area contributed by atoms with Crippen LogP contribution in [-0.2, 0) is 0 Å². The van der Waals surface area contributed by atoms with Crippen molar-refractivity contribution in [2.75, 3.05) is 13.2 Å². The van der Waals surface area contributed by atoms with E-state index in [-0.39, 0.29) is 12.6 Å². The first kappa shape index (κ1) is 12.9. The molecular formula is C10H23NOSi. The summed E-state index contributed by atoms with van der Waals surface area (Å²) in [5, 5.41) is 12.3. The Morgan fingerprint density at radius 2 is 2.00 bits per heavy atom. The fourth-order valence-corrected chi connectivity index (χ4v) is 1.74. The highest BCUT2D eigenvalue weighted by Gasteiger charge is 2.08. The van der Waals surface area contributed by atoms with Gasteiger partial charge in [0, 0.05) is 6.04 Å². The van der Waals surface area contributed by atoms with Crippen LogP contribution in [0.4, 0.5) is 0 Å². The van der Waals surface area contributed by atoms with Crippen LogP contribution in [-0.4, -0.2) is 32.4 Å². The van der Waals surface area contributed by atoms with Crippen LogP contribution in [0.25, 0.3) is 0 Å². The third-order valence-corrected chi connectivity index (χ3v) is 2.87. The maximum Gasteiger partial charge on any atom is 0.0683 e. The summed E-state index contributed by atoms with van der Waals surface area (Å²) < 4.78 is 0. The molecule has 0 bridgehead atoms. The highest BCUT2D eigenvalue weighted by atomic mass is 28.3. The second-order valence-electron chi connectivity index (χ2n) is 4.47. The summed E-state index contributed by atoms with van der Waals surface area (Å²) in [4.78, 5) is 0. The summed E-state index contributed by atoms with van der Waals surface area (Å²) >= 11 is 0. The lowest BCUT2D eigenvalue weighted by atomic mass is 10.3. The number of hydrogen-bond acceptors (Lipinski definition) is 2. The Bertz CT molecular complexity index is 151. The maximum absolute atomic E-state index is 9.05. The van der Waals surface area contributed by atoms with Crippen molar-refractivity contribution in [1.29, 1.82) is 0 Å². The molecule has 1 unspecified atom stereocenters. The van der Waals surface area contributed by atoms with Gasteiger partial charge in [-0.2, -0.15) is 0 Å². The molecule has 0 aliphatic heterocycles. The van der Waals surface area contributed by atoms with Gasteiger partial charge in [0.1, 0.15) is 0 Å². The molecule has 0 saturated heterocycles. The lowest BCUT2D eigenvalue weighted by Crippen LogP contribution is -2.32. The number of rotatable bonds is 6. The van der Waals surface area contributed by atoms with Gasteiger partial charge in [-0.15, -0.1) is 0 Å². The van der Waals surface area contributed by atoms with E-state index in [0.717, 1.165) is 13.0 Å². The van der Waals surface area contributed by atoms with Crippen LogP contribution in [0, 0.1) is 0 Å². The second-order valence-corrected chi connectivity index (χ2v) is 9.53. The van der Waals surface area contributed by atoms with Crippen LogP contribution in [0.3, 0.4) is 0 Å². The molecule has 0 rings (SSSR count). The molecule has 0 aliphatic rings. The summed E-state index contributed by atoms with van der Waals surface area (Å²) in [6.07, 6.45) is 3.22. The quantitative estimate of drug-likeness (QED) is 0.642. The third-order valence-electron chi connectivity index (χ3n) is 1.68. The zero-order valence-corrected chi connectivity index (χ0v) is 10.3. The SMILES string of the molecule is CCCNC(C=C[Si](C)(C)C)CO. The minimum absolute atomic E-state index is 0.145. The van der Waals surface area contributed by atoms with Crippen molar-refractivity contribution in [1.82, 2.24) is 5.32 Å². The van der Waals surface area contributed by atoms with Gasteiger partial charge in [-0.05, 0) is 13.0 Å². The highest BCUT2D eigenvalue weighted by molar-refractivity contribution is 6.80. The molecule has 2 nitrogen and oxygen atoms in total. The van der Waals surface area contributed by atoms with Crippen molar-refractivity contribution >= 4 is 8.07 Å². The Morgan fingerprint density at radius 1 is 1.38 bits per heavy atom. The van der Waals surface area contributed by atoms with E-state index in [1.165, 1.54) is 0 Å². The maximum atomic E-state index is 9.05. The van der Waals surface area contributed by atoms with Gasteiger partial charge in [0.2, 0.25) is 0 Å². The number of nitrogens with one attached hydrogen (secondary N) is 1. The molecule has 0 fully saturated rings. The molecule has 3 heteroatoms. The monoisotopic (exact) mass is 201 g/mol. The van der Waals surface area contributed by atoms with E-state index in [4.69, 9.17) is 5.11 Å². The molecule has 0 aromatic rings. The Morgan fingerprint density at radius 3 is 2.38 bits per heavy atom. The van der Waals surface area contributed by atoms with Gasteiger partial charge in [-0.1, -0.05) is 38.3 Å². The number of aliphatic hydroxyl groups is 1. The summed E-state index contributed by atoms with van der Waals surface area (Å²) in [6, 6.07) is 0.145. The minimum Gasteiger partial charge on any atom is -0.394 e. The van der Waals surface area contributed by atoms with Gasteiger partial charge in [0.25, 0.3) is 0 Å². The van der Waals surface area contributed by atoms with Crippen molar-refractivity contribution in [2.24, 2.45) is 0 Å². The normalized spacial score (nSPS) is 15.2. The zero-order valence-electron chi connectivity index (χ0n) is 9.30.